The van der Waals surface area contributed by atoms with E-state index in [0.29, 0.717) is 19.3 Å². The number of ketones is 1. The number of methoxy groups -OCH3 is 1. The van der Waals surface area contributed by atoms with Gasteiger partial charge in [-0.05, 0) is 78.7 Å². The van der Waals surface area contributed by atoms with Gasteiger partial charge < -0.3 is 15.1 Å². The highest BCUT2D eigenvalue weighted by molar-refractivity contribution is 5.93. The first-order valence-electron chi connectivity index (χ1n) is 13.2. The molecule has 0 unspecified atom stereocenters. The number of hydrogen-bond acceptors (Lipinski definition) is 5. The van der Waals surface area contributed by atoms with Gasteiger partial charge in [0, 0.05) is 24.8 Å². The number of carbonyl (C=O) groups excluding carboxylic acids is 1. The Morgan fingerprint density at radius 3 is 2.81 bits per heavy atom. The van der Waals surface area contributed by atoms with Crippen LogP contribution in [0.2, 0.25) is 0 Å². The Bertz CT molecular complexity index is 1110. The van der Waals surface area contributed by atoms with Crippen LogP contribution in [0.15, 0.2) is 52.2 Å². The maximum absolute atomic E-state index is 12.2. The molecule has 0 aliphatic heterocycles. The van der Waals surface area contributed by atoms with Crippen LogP contribution in [0, 0.1) is 17.3 Å². The third-order valence-corrected chi connectivity index (χ3v) is 8.91. The third kappa shape index (κ3) is 3.20. The van der Waals surface area contributed by atoms with Gasteiger partial charge in [0.2, 0.25) is 0 Å². The molecular weight excluding hydrogens is 403 g/mol. The SMILES string of the molecule is [2H]C([2H])([2H])OC[C@]1(O)CC[C@H]2[C@@H]3CCC4=CC(=O)CCC4=C3[C@@H](c3ccc(/C=[15N]\O)cc3)C[C@@]21C. The largest absolute Gasteiger partial charge is 0.411 e. The quantitative estimate of drug-likeness (QED) is 0.306. The molecule has 0 radical (unpaired) electrons. The van der Waals surface area contributed by atoms with Gasteiger partial charge in [-0.25, -0.2) is 0 Å². The summed E-state index contributed by atoms with van der Waals surface area (Å²) in [5.41, 5.74) is 4.09. The first kappa shape index (κ1) is 18.2. The van der Waals surface area contributed by atoms with Gasteiger partial charge in [-0.2, -0.15) is 0 Å². The number of ether oxygens (including phenoxy) is 1. The van der Waals surface area contributed by atoms with E-state index < -0.39 is 18.1 Å². The van der Waals surface area contributed by atoms with Gasteiger partial charge >= 0.3 is 0 Å². The van der Waals surface area contributed by atoms with Gasteiger partial charge in [0.25, 0.3) is 0 Å². The van der Waals surface area contributed by atoms with E-state index in [0.717, 1.165) is 36.8 Å². The molecular formula is C27H33NO4. The van der Waals surface area contributed by atoms with Gasteiger partial charge in [-0.1, -0.05) is 41.9 Å². The van der Waals surface area contributed by atoms with Crippen molar-refractivity contribution in [3.05, 3.63) is 58.2 Å². The molecule has 5 heteroatoms. The number of hydrogen-bond donors (Lipinski definition) is 2. The predicted molar refractivity (Wildman–Crippen MR) is 123 cm³/mol. The van der Waals surface area contributed by atoms with Crippen molar-refractivity contribution in [2.75, 3.05) is 13.6 Å². The van der Waals surface area contributed by atoms with Crippen LogP contribution in [-0.2, 0) is 9.53 Å². The van der Waals surface area contributed by atoms with Crippen LogP contribution in [0.25, 0.3) is 0 Å². The molecule has 0 heterocycles. The lowest BCUT2D eigenvalue weighted by Crippen LogP contribution is -2.53. The molecule has 0 aromatic heterocycles. The van der Waals surface area contributed by atoms with Crippen molar-refractivity contribution in [1.29, 1.82) is 0 Å². The van der Waals surface area contributed by atoms with Crippen molar-refractivity contribution in [2.45, 2.75) is 63.4 Å². The molecule has 5 rings (SSSR count). The van der Waals surface area contributed by atoms with Crippen LogP contribution in [-0.4, -0.2) is 41.6 Å². The van der Waals surface area contributed by atoms with E-state index in [1.165, 1.54) is 22.9 Å². The summed E-state index contributed by atoms with van der Waals surface area (Å²) in [5.74, 6) is 0.751. The van der Waals surface area contributed by atoms with Crippen molar-refractivity contribution in [3.63, 3.8) is 0 Å². The lowest BCUT2D eigenvalue weighted by molar-refractivity contribution is -0.128. The Balaban J connectivity index is 1.60. The van der Waals surface area contributed by atoms with Gasteiger partial charge in [-0.3, -0.25) is 4.79 Å². The summed E-state index contributed by atoms with van der Waals surface area (Å²) in [6, 6.07) is 7.95. The second-order valence-corrected chi connectivity index (χ2v) is 10.3. The topological polar surface area (TPSA) is 79.1 Å². The minimum absolute atomic E-state index is 0.0469. The van der Waals surface area contributed by atoms with E-state index in [1.54, 1.807) is 0 Å². The molecule has 170 valence electrons. The molecule has 1 aromatic carbocycles. The molecule has 32 heavy (non-hydrogen) atoms. The fraction of sp³-hybridized carbons (Fsp3) is 0.556. The number of carbonyl (C=O) groups is 1. The van der Waals surface area contributed by atoms with E-state index in [1.807, 2.05) is 18.2 Å². The van der Waals surface area contributed by atoms with E-state index >= 15 is 0 Å². The fourth-order valence-electron chi connectivity index (χ4n) is 7.29. The standard InChI is InChI=1S/C27H33NO4/c1-26-14-23(18-5-3-17(4-6-18)15-28-31)25-21-10-8-20(29)13-19(21)7-9-22(25)24(26)11-12-27(26,30)16-32-2/h3-6,13,15,22-24,30-31H,7-12,14,16H2,1-2H3/b28-15-/t22-,23+,24-,26-,27+/m0/s1/i2D3,28+1. The molecule has 4 aliphatic carbocycles. The second kappa shape index (κ2) is 7.96. The molecule has 0 bridgehead atoms. The van der Waals surface area contributed by atoms with Crippen molar-refractivity contribution in [1.82, 2.24) is 0 Å². The summed E-state index contributed by atoms with van der Waals surface area (Å²) in [6.07, 6.45) is 8.35. The van der Waals surface area contributed by atoms with E-state index in [9.17, 15) is 9.90 Å². The Hall–Kier alpha value is -2.24. The van der Waals surface area contributed by atoms with Crippen molar-refractivity contribution < 1.29 is 24.0 Å². The normalized spacial score (nSPS) is 38.4. The van der Waals surface area contributed by atoms with Crippen molar-refractivity contribution in [3.8, 4) is 0 Å². The maximum atomic E-state index is 12.2. The number of aliphatic hydroxyl groups is 1. The number of nitrogens with zero attached hydrogens (tertiary/aromatic N) is 1. The number of benzene rings is 1. The fourth-order valence-corrected chi connectivity index (χ4v) is 7.29. The zero-order valence-corrected chi connectivity index (χ0v) is 18.5. The lowest BCUT2D eigenvalue weighted by atomic mass is 9.51. The first-order valence-corrected chi connectivity index (χ1v) is 11.7. The molecule has 2 N–H and O–H groups in total. The Labute approximate surface area is 194 Å². The third-order valence-electron chi connectivity index (χ3n) is 8.91. The lowest BCUT2D eigenvalue weighted by Gasteiger charge is -2.54. The second-order valence-electron chi connectivity index (χ2n) is 10.3. The highest BCUT2D eigenvalue weighted by Gasteiger charge is 2.62. The van der Waals surface area contributed by atoms with Gasteiger partial charge in [-0.15, -0.1) is 0 Å². The monoisotopic (exact) mass is 439 g/mol. The Kier molecular flexibility index (Phi) is 4.53. The molecule has 4 aliphatic rings. The zero-order chi connectivity index (χ0) is 25.0. The summed E-state index contributed by atoms with van der Waals surface area (Å²) in [4.78, 5) is 12.2. The minimum Gasteiger partial charge on any atom is -0.411 e. The first-order chi connectivity index (χ1) is 16.5. The van der Waals surface area contributed by atoms with Crippen LogP contribution >= 0.6 is 0 Å². The zero-order valence-electron chi connectivity index (χ0n) is 21.5. The van der Waals surface area contributed by atoms with Crippen LogP contribution in [0.4, 0.5) is 0 Å². The number of rotatable bonds is 4. The Morgan fingerprint density at radius 1 is 1.25 bits per heavy atom. The summed E-state index contributed by atoms with van der Waals surface area (Å²) in [5, 5.41) is 23.9. The molecule has 0 saturated heterocycles. The highest BCUT2D eigenvalue weighted by atomic mass is 16.7. The summed E-state index contributed by atoms with van der Waals surface area (Å²) >= 11 is 0. The average Bonchev–Trinajstić information content (AvgIpc) is 3.08. The van der Waals surface area contributed by atoms with Crippen molar-refractivity contribution >= 4 is 12.0 Å². The molecule has 2 saturated carbocycles. The highest BCUT2D eigenvalue weighted by Crippen LogP contribution is 2.66. The van der Waals surface area contributed by atoms with Gasteiger partial charge in [0.1, 0.15) is 0 Å². The summed E-state index contributed by atoms with van der Waals surface area (Å²) in [6.45, 7) is 1.91. The van der Waals surface area contributed by atoms with Gasteiger partial charge in [0.05, 0.1) is 22.5 Å². The van der Waals surface area contributed by atoms with E-state index in [-0.39, 0.29) is 30.1 Å². The molecule has 0 spiro atoms. The van der Waals surface area contributed by atoms with Crippen LogP contribution in [0.5, 0.6) is 0 Å². The number of fused-ring (bicyclic) bond motifs is 4. The number of allylic oxidation sites excluding steroid dienone is 4. The summed E-state index contributed by atoms with van der Waals surface area (Å²) < 4.78 is 27.7. The maximum Gasteiger partial charge on any atom is 0.156 e. The van der Waals surface area contributed by atoms with Crippen LogP contribution in [0.1, 0.15) is 73.0 Å². The van der Waals surface area contributed by atoms with E-state index in [4.69, 9.17) is 14.1 Å². The van der Waals surface area contributed by atoms with Crippen molar-refractivity contribution in [2.24, 2.45) is 22.4 Å². The summed E-state index contributed by atoms with van der Waals surface area (Å²) in [7, 11) is -2.55. The van der Waals surface area contributed by atoms with Crippen LogP contribution in [0.3, 0.4) is 0 Å². The molecule has 5 nitrogen and oxygen atoms in total. The van der Waals surface area contributed by atoms with Gasteiger partial charge in [0.15, 0.2) is 5.78 Å². The molecule has 0 amide bonds. The minimum atomic E-state index is -2.55. The molecule has 1 aromatic rings. The molecule has 2 fully saturated rings. The molecule has 5 atom stereocenters. The van der Waals surface area contributed by atoms with E-state index in [2.05, 4.69) is 24.2 Å². The smallest absolute Gasteiger partial charge is 0.156 e. The average molecular weight is 440 g/mol. The van der Waals surface area contributed by atoms with Crippen LogP contribution < -0.4 is 0 Å². The predicted octanol–water partition coefficient (Wildman–Crippen LogP) is 4.77. The number of oxime groups is 1. The Morgan fingerprint density at radius 2 is 2.06 bits per heavy atom.